The first kappa shape index (κ1) is 21.0. The molecule has 0 amide bonds. The van der Waals surface area contributed by atoms with Crippen molar-refractivity contribution in [3.05, 3.63) is 63.1 Å². The number of H-pyrrole nitrogens is 1. The minimum Gasteiger partial charge on any atom is -0.398 e. The van der Waals surface area contributed by atoms with Gasteiger partial charge in [0.25, 0.3) is 5.56 Å². The van der Waals surface area contributed by atoms with Crippen LogP contribution >= 0.6 is 0 Å². The lowest BCUT2D eigenvalue weighted by molar-refractivity contribution is 0.520. The highest BCUT2D eigenvalue weighted by Gasteiger charge is 2.03. The van der Waals surface area contributed by atoms with Gasteiger partial charge in [0.2, 0.25) is 0 Å². The largest absolute Gasteiger partial charge is 0.398 e. The monoisotopic (exact) mass is 396 g/mol. The van der Waals surface area contributed by atoms with E-state index in [0.717, 1.165) is 30.5 Å². The maximum absolute atomic E-state index is 11.7. The molecule has 0 saturated carbocycles. The van der Waals surface area contributed by atoms with E-state index in [9.17, 15) is 9.59 Å². The van der Waals surface area contributed by atoms with Crippen molar-refractivity contribution < 1.29 is 0 Å². The second-order valence-corrected chi connectivity index (χ2v) is 7.88. The Balaban J connectivity index is 1.25. The third kappa shape index (κ3) is 5.62. The summed E-state index contributed by atoms with van der Waals surface area (Å²) in [5.41, 5.74) is 8.08. The van der Waals surface area contributed by atoms with E-state index in [1.807, 2.05) is 12.1 Å². The van der Waals surface area contributed by atoms with Crippen LogP contribution < -0.4 is 17.0 Å². The molecule has 0 aliphatic heterocycles. The number of nitrogens with one attached hydrogen (secondary N) is 1. The van der Waals surface area contributed by atoms with Gasteiger partial charge in [-0.1, -0.05) is 44.6 Å². The third-order valence-electron chi connectivity index (χ3n) is 5.58. The Labute approximate surface area is 171 Å². The molecule has 6 heteroatoms. The molecule has 6 nitrogen and oxygen atoms in total. The first-order valence-corrected chi connectivity index (χ1v) is 10.7. The summed E-state index contributed by atoms with van der Waals surface area (Å²) in [4.78, 5) is 25.5. The molecule has 3 N–H and O–H groups in total. The van der Waals surface area contributed by atoms with Gasteiger partial charge in [-0.3, -0.25) is 9.78 Å². The maximum atomic E-state index is 11.7. The number of anilines is 1. The Kier molecular flexibility index (Phi) is 7.33. The van der Waals surface area contributed by atoms with Crippen molar-refractivity contribution in [2.45, 2.75) is 71.4 Å². The van der Waals surface area contributed by atoms with Crippen molar-refractivity contribution in [3.63, 3.8) is 0 Å². The summed E-state index contributed by atoms with van der Waals surface area (Å²) in [7, 11) is 0. The van der Waals surface area contributed by atoms with Gasteiger partial charge in [0.05, 0.1) is 5.52 Å². The molecule has 0 aliphatic carbocycles. The molecular formula is C23H32N4O2. The Morgan fingerprint density at radius 1 is 0.862 bits per heavy atom. The summed E-state index contributed by atoms with van der Waals surface area (Å²) in [5.74, 6) is 0. The van der Waals surface area contributed by atoms with Crippen molar-refractivity contribution in [3.8, 4) is 0 Å². The fourth-order valence-corrected chi connectivity index (χ4v) is 3.85. The summed E-state index contributed by atoms with van der Waals surface area (Å²) in [6.07, 6.45) is 13.3. The summed E-state index contributed by atoms with van der Waals surface area (Å²) >= 11 is 0. The highest BCUT2D eigenvalue weighted by Crippen LogP contribution is 2.22. The van der Waals surface area contributed by atoms with Crippen LogP contribution in [-0.2, 0) is 13.1 Å². The molecule has 2 heterocycles. The van der Waals surface area contributed by atoms with Crippen molar-refractivity contribution in [1.82, 2.24) is 14.1 Å². The number of hydrogen-bond acceptors (Lipinski definition) is 3. The topological polar surface area (TPSA) is 85.8 Å². The first-order chi connectivity index (χ1) is 14.1. The van der Waals surface area contributed by atoms with Crippen molar-refractivity contribution in [2.24, 2.45) is 0 Å². The fraction of sp³-hybridized carbons (Fsp3) is 0.478. The van der Waals surface area contributed by atoms with Crippen LogP contribution in [0.4, 0.5) is 5.69 Å². The van der Waals surface area contributed by atoms with Gasteiger partial charge in [-0.05, 0) is 38.0 Å². The van der Waals surface area contributed by atoms with Gasteiger partial charge in [0.15, 0.2) is 0 Å². The molecule has 29 heavy (non-hydrogen) atoms. The molecular weight excluding hydrogens is 364 g/mol. The van der Waals surface area contributed by atoms with Gasteiger partial charge in [-0.25, -0.2) is 4.79 Å². The van der Waals surface area contributed by atoms with E-state index < -0.39 is 0 Å². The second-order valence-electron chi connectivity index (χ2n) is 7.88. The molecule has 0 atom stereocenters. The zero-order valence-electron chi connectivity index (χ0n) is 17.3. The number of fused-ring (bicyclic) bond motifs is 1. The Hall–Kier alpha value is -2.76. The summed E-state index contributed by atoms with van der Waals surface area (Å²) in [6.45, 7) is 3.44. The molecule has 0 radical (unpaired) electrons. The lowest BCUT2D eigenvalue weighted by Crippen LogP contribution is -2.30. The van der Waals surface area contributed by atoms with Crippen molar-refractivity contribution in [1.29, 1.82) is 0 Å². The quantitative estimate of drug-likeness (QED) is 0.376. The van der Waals surface area contributed by atoms with E-state index in [2.05, 4.69) is 27.9 Å². The van der Waals surface area contributed by atoms with Gasteiger partial charge in [-0.15, -0.1) is 0 Å². The third-order valence-corrected chi connectivity index (χ3v) is 5.58. The number of nitrogen functional groups attached to an aromatic ring is 1. The molecule has 0 saturated heterocycles. The van der Waals surface area contributed by atoms with Crippen LogP contribution in [0.3, 0.4) is 0 Å². The van der Waals surface area contributed by atoms with Gasteiger partial charge in [-0.2, -0.15) is 0 Å². The van der Waals surface area contributed by atoms with Crippen molar-refractivity contribution >= 4 is 16.6 Å². The van der Waals surface area contributed by atoms with E-state index >= 15 is 0 Å². The highest BCUT2D eigenvalue weighted by molar-refractivity contribution is 5.91. The molecule has 0 aliphatic rings. The fourth-order valence-electron chi connectivity index (χ4n) is 3.85. The number of aromatic nitrogens is 3. The molecule has 3 aromatic rings. The molecule has 0 spiro atoms. The van der Waals surface area contributed by atoms with Crippen LogP contribution in [0, 0.1) is 6.92 Å². The molecule has 156 valence electrons. The predicted octanol–water partition coefficient (Wildman–Crippen LogP) is 4.20. The smallest absolute Gasteiger partial charge is 0.328 e. The molecule has 2 aromatic heterocycles. The average Bonchev–Trinajstić information content (AvgIpc) is 3.11. The Bertz CT molecular complexity index is 1040. The number of rotatable bonds is 11. The number of nitrogens with two attached hydrogens (primary N) is 1. The SMILES string of the molecule is Cc1cn(CCCCCCCCCCn2ccc3c(N)cccc32)c(=O)[nH]c1=O. The number of benzene rings is 1. The Morgan fingerprint density at radius 3 is 2.17 bits per heavy atom. The predicted molar refractivity (Wildman–Crippen MR) is 119 cm³/mol. The maximum Gasteiger partial charge on any atom is 0.328 e. The standard InChI is InChI=1S/C23H32N4O2/c1-18-17-27(23(29)25-22(18)28)15-9-7-5-3-2-4-6-8-14-26-16-13-19-20(24)11-10-12-21(19)26/h10-13,16-17H,2-9,14-15,24H2,1H3,(H,25,28,29). The number of aromatic amines is 1. The van der Waals surface area contributed by atoms with Crippen LogP contribution in [0.25, 0.3) is 10.9 Å². The van der Waals surface area contributed by atoms with Gasteiger partial charge in [0, 0.05) is 42.1 Å². The molecule has 3 rings (SSSR count). The van der Waals surface area contributed by atoms with Gasteiger partial charge in [0.1, 0.15) is 0 Å². The normalized spacial score (nSPS) is 11.3. The zero-order valence-corrected chi connectivity index (χ0v) is 17.3. The van der Waals surface area contributed by atoms with Crippen LogP contribution in [0.5, 0.6) is 0 Å². The Morgan fingerprint density at radius 2 is 1.48 bits per heavy atom. The lowest BCUT2D eigenvalue weighted by atomic mass is 10.1. The molecule has 0 bridgehead atoms. The summed E-state index contributed by atoms with van der Waals surface area (Å²) < 4.78 is 3.90. The van der Waals surface area contributed by atoms with Crippen LogP contribution in [0.15, 0.2) is 46.2 Å². The van der Waals surface area contributed by atoms with E-state index in [-0.39, 0.29) is 11.2 Å². The summed E-state index contributed by atoms with van der Waals surface area (Å²) in [6, 6.07) is 8.21. The van der Waals surface area contributed by atoms with E-state index in [1.54, 1.807) is 17.7 Å². The first-order valence-electron chi connectivity index (χ1n) is 10.7. The number of hydrogen-bond donors (Lipinski definition) is 2. The average molecular weight is 397 g/mol. The molecule has 0 fully saturated rings. The van der Waals surface area contributed by atoms with E-state index in [0.29, 0.717) is 12.1 Å². The van der Waals surface area contributed by atoms with E-state index in [1.165, 1.54) is 44.0 Å². The number of unbranched alkanes of at least 4 members (excludes halogenated alkanes) is 7. The minimum atomic E-state index is -0.307. The van der Waals surface area contributed by atoms with Crippen LogP contribution in [0.2, 0.25) is 0 Å². The van der Waals surface area contributed by atoms with Crippen LogP contribution in [-0.4, -0.2) is 14.1 Å². The highest BCUT2D eigenvalue weighted by atomic mass is 16.2. The number of aryl methyl sites for hydroxylation is 3. The summed E-state index contributed by atoms with van der Waals surface area (Å²) in [5, 5.41) is 1.15. The van der Waals surface area contributed by atoms with E-state index in [4.69, 9.17) is 5.73 Å². The lowest BCUT2D eigenvalue weighted by Gasteiger charge is -2.07. The second kappa shape index (κ2) is 10.1. The molecule has 0 unspecified atom stereocenters. The minimum absolute atomic E-state index is 0.291. The zero-order chi connectivity index (χ0) is 20.6. The van der Waals surface area contributed by atoms with Crippen molar-refractivity contribution in [2.75, 3.05) is 5.73 Å². The van der Waals surface area contributed by atoms with Gasteiger partial charge < -0.3 is 14.9 Å². The van der Waals surface area contributed by atoms with Gasteiger partial charge >= 0.3 is 5.69 Å². The van der Waals surface area contributed by atoms with Crippen LogP contribution in [0.1, 0.15) is 56.9 Å². The molecule has 1 aromatic carbocycles. The number of nitrogens with zero attached hydrogens (tertiary/aromatic N) is 2.